The van der Waals surface area contributed by atoms with Gasteiger partial charge in [0.1, 0.15) is 0 Å². The molecule has 0 fully saturated rings. The molecule has 0 atom stereocenters. The molecule has 0 aromatic heterocycles. The predicted octanol–water partition coefficient (Wildman–Crippen LogP) is 1.34. The summed E-state index contributed by atoms with van der Waals surface area (Å²) in [6.07, 6.45) is 0. The molecule has 25 heavy (non-hydrogen) atoms. The quantitative estimate of drug-likeness (QED) is 0.395. The molecule has 0 amide bonds. The van der Waals surface area contributed by atoms with Crippen LogP contribution in [0.2, 0.25) is 5.02 Å². The molecule has 1 aliphatic heterocycles. The molecule has 7 nitrogen and oxygen atoms in total. The van der Waals surface area contributed by atoms with E-state index in [0.29, 0.717) is 16.6 Å². The van der Waals surface area contributed by atoms with Gasteiger partial charge in [0.15, 0.2) is 5.84 Å². The largest absolute Gasteiger partial charge is 0.761 e. The summed E-state index contributed by atoms with van der Waals surface area (Å²) in [5.74, 6) is 0.625. The lowest BCUT2D eigenvalue weighted by atomic mass is 10.0. The summed E-state index contributed by atoms with van der Waals surface area (Å²) in [5, 5.41) is 16.1. The molecule has 9 heteroatoms. The van der Waals surface area contributed by atoms with E-state index in [4.69, 9.17) is 25.7 Å². The fraction of sp³-hybridized carbons (Fsp3) is 0.125. The van der Waals surface area contributed by atoms with Crippen molar-refractivity contribution in [3.63, 3.8) is 0 Å². The molecule has 1 heterocycles. The molecule has 0 saturated heterocycles. The van der Waals surface area contributed by atoms with Crippen LogP contribution in [-0.4, -0.2) is 48.6 Å². The van der Waals surface area contributed by atoms with Crippen LogP contribution in [0.4, 0.5) is 5.69 Å². The third-order valence-corrected chi connectivity index (χ3v) is 3.58. The number of nitrogens with zero attached hydrogens (tertiary/aromatic N) is 2. The zero-order valence-corrected chi connectivity index (χ0v) is 15.1. The Morgan fingerprint density at radius 3 is 2.48 bits per heavy atom. The van der Waals surface area contributed by atoms with Gasteiger partial charge in [-0.25, -0.2) is 4.99 Å². The van der Waals surface area contributed by atoms with Crippen LogP contribution in [-0.2, 0) is 4.46 Å². The van der Waals surface area contributed by atoms with Crippen LogP contribution in [0.25, 0.3) is 0 Å². The van der Waals surface area contributed by atoms with Crippen molar-refractivity contribution in [3.8, 4) is 0 Å². The van der Waals surface area contributed by atoms with Gasteiger partial charge in [-0.1, -0.05) is 29.8 Å². The fourth-order valence-corrected chi connectivity index (χ4v) is 2.53. The van der Waals surface area contributed by atoms with Gasteiger partial charge >= 0.3 is 9.17 Å². The lowest BCUT2D eigenvalue weighted by Crippen LogP contribution is -2.29. The molecular weight excluding hydrogens is 362 g/mol. The van der Waals surface area contributed by atoms with Gasteiger partial charge < -0.3 is 20.1 Å². The molecule has 0 aliphatic carbocycles. The Morgan fingerprint density at radius 1 is 1.24 bits per heavy atom. The molecule has 0 saturated carbocycles. The second kappa shape index (κ2) is 8.40. The first-order chi connectivity index (χ1) is 11.9. The number of hydroxylamine groups is 1. The molecule has 2 aromatic rings. The summed E-state index contributed by atoms with van der Waals surface area (Å²) >= 11 is 6.10. The van der Waals surface area contributed by atoms with Crippen molar-refractivity contribution in [3.05, 3.63) is 69.9 Å². The summed E-state index contributed by atoms with van der Waals surface area (Å²) in [6, 6.07) is 15.0. The second-order valence-corrected chi connectivity index (χ2v) is 6.01. The SMILES string of the molecule is CNC1=Nc2ccc(Cl)cc2C(c2ccccc2)=[N+]([O-])C1.O=[Si](O)O. The van der Waals surface area contributed by atoms with E-state index >= 15 is 0 Å². The third kappa shape index (κ3) is 4.88. The van der Waals surface area contributed by atoms with E-state index in [2.05, 4.69) is 10.3 Å². The minimum Gasteiger partial charge on any atom is -0.623 e. The van der Waals surface area contributed by atoms with Crippen LogP contribution in [0, 0.1) is 5.21 Å². The highest BCUT2D eigenvalue weighted by Gasteiger charge is 2.24. The fourth-order valence-electron chi connectivity index (χ4n) is 2.36. The average molecular weight is 378 g/mol. The van der Waals surface area contributed by atoms with Gasteiger partial charge in [-0.15, -0.1) is 0 Å². The third-order valence-electron chi connectivity index (χ3n) is 3.35. The van der Waals surface area contributed by atoms with Crippen LogP contribution in [0.15, 0.2) is 53.5 Å². The van der Waals surface area contributed by atoms with Gasteiger partial charge in [-0.2, -0.15) is 4.74 Å². The maximum absolute atomic E-state index is 12.6. The Bertz CT molecular complexity index is 837. The number of nitrogens with one attached hydrogen (secondary N) is 1. The van der Waals surface area contributed by atoms with Crippen molar-refractivity contribution in [1.29, 1.82) is 0 Å². The highest BCUT2D eigenvalue weighted by atomic mass is 35.5. The van der Waals surface area contributed by atoms with Gasteiger partial charge in [0.2, 0.25) is 12.3 Å². The standard InChI is InChI=1S/C16H14ClN3O.H2O3Si/c1-18-15-10-20(21)16(11-5-3-2-4-6-11)13-9-12(17)7-8-14(13)19-15;1-4(2)3/h2-9H,10H2,1H3,(H,18,19);1-2H. The van der Waals surface area contributed by atoms with Crippen LogP contribution >= 0.6 is 11.6 Å². The van der Waals surface area contributed by atoms with E-state index in [-0.39, 0.29) is 6.54 Å². The molecule has 0 radical (unpaired) electrons. The zero-order chi connectivity index (χ0) is 18.4. The summed E-state index contributed by atoms with van der Waals surface area (Å²) in [5.41, 5.74) is 2.92. The number of amidine groups is 1. The summed E-state index contributed by atoms with van der Waals surface area (Å²) in [4.78, 5) is 18.8. The smallest absolute Gasteiger partial charge is 0.623 e. The number of benzene rings is 2. The van der Waals surface area contributed by atoms with Crippen molar-refractivity contribution in [2.75, 3.05) is 13.6 Å². The monoisotopic (exact) mass is 377 g/mol. The van der Waals surface area contributed by atoms with Gasteiger partial charge in [-0.3, -0.25) is 4.46 Å². The molecule has 0 unspecified atom stereocenters. The minimum absolute atomic E-state index is 0.174. The molecule has 0 bridgehead atoms. The molecule has 3 rings (SSSR count). The van der Waals surface area contributed by atoms with Gasteiger partial charge in [0.05, 0.1) is 11.3 Å². The number of likely N-dealkylation sites (N-methyl/N-ethyl adjacent to an activating group) is 1. The van der Waals surface area contributed by atoms with Crippen molar-refractivity contribution >= 4 is 38.0 Å². The number of hydrogen-bond donors (Lipinski definition) is 3. The van der Waals surface area contributed by atoms with E-state index in [9.17, 15) is 5.21 Å². The van der Waals surface area contributed by atoms with Crippen LogP contribution in [0.3, 0.4) is 0 Å². The van der Waals surface area contributed by atoms with Crippen molar-refractivity contribution < 1.29 is 18.8 Å². The van der Waals surface area contributed by atoms with Gasteiger partial charge in [0, 0.05) is 17.6 Å². The summed E-state index contributed by atoms with van der Waals surface area (Å²) in [6.45, 7) is 0.174. The van der Waals surface area contributed by atoms with Crippen molar-refractivity contribution in [1.82, 2.24) is 5.32 Å². The normalized spacial score (nSPS) is 13.0. The molecular formula is C16H16ClN3O4Si. The number of rotatable bonds is 1. The first-order valence-corrected chi connectivity index (χ1v) is 8.94. The van der Waals surface area contributed by atoms with Crippen LogP contribution < -0.4 is 5.32 Å². The molecule has 130 valence electrons. The predicted molar refractivity (Wildman–Crippen MR) is 96.6 cm³/mol. The van der Waals surface area contributed by atoms with Crippen LogP contribution in [0.1, 0.15) is 11.1 Å². The van der Waals surface area contributed by atoms with Crippen molar-refractivity contribution in [2.24, 2.45) is 4.99 Å². The highest BCUT2D eigenvalue weighted by molar-refractivity contribution is 6.31. The zero-order valence-electron chi connectivity index (χ0n) is 13.3. The summed E-state index contributed by atoms with van der Waals surface area (Å²) < 4.78 is 9.69. The second-order valence-electron chi connectivity index (χ2n) is 5.00. The maximum Gasteiger partial charge on any atom is 0.761 e. The maximum atomic E-state index is 12.6. The Labute approximate surface area is 151 Å². The first-order valence-electron chi connectivity index (χ1n) is 7.26. The summed E-state index contributed by atoms with van der Waals surface area (Å²) in [7, 11) is -1.37. The van der Waals surface area contributed by atoms with E-state index in [1.165, 1.54) is 0 Å². The number of halogens is 1. The Kier molecular flexibility index (Phi) is 6.26. The van der Waals surface area contributed by atoms with Gasteiger partial charge in [-0.05, 0) is 30.3 Å². The number of aliphatic imine (C=N–C) groups is 1. The van der Waals surface area contributed by atoms with E-state index < -0.39 is 9.17 Å². The highest BCUT2D eigenvalue weighted by Crippen LogP contribution is 2.27. The lowest BCUT2D eigenvalue weighted by molar-refractivity contribution is -0.439. The van der Waals surface area contributed by atoms with Gasteiger partial charge in [0.25, 0.3) is 0 Å². The molecule has 2 aromatic carbocycles. The number of hydrogen-bond acceptors (Lipinski definition) is 4. The molecule has 1 aliphatic rings. The van der Waals surface area contributed by atoms with Crippen LogP contribution in [0.5, 0.6) is 0 Å². The molecule has 0 spiro atoms. The topological polar surface area (TPSA) is 108 Å². The number of fused-ring (bicyclic) bond motifs is 1. The molecule has 3 N–H and O–H groups in total. The van der Waals surface area contributed by atoms with Crippen molar-refractivity contribution in [2.45, 2.75) is 0 Å². The minimum atomic E-state index is -3.13. The Balaban J connectivity index is 0.000000511. The average Bonchev–Trinajstić information content (AvgIpc) is 2.70. The van der Waals surface area contributed by atoms with E-state index in [1.807, 2.05) is 36.4 Å². The Morgan fingerprint density at radius 2 is 1.88 bits per heavy atom. The lowest BCUT2D eigenvalue weighted by Gasteiger charge is -2.10. The van der Waals surface area contributed by atoms with E-state index in [0.717, 1.165) is 21.6 Å². The van der Waals surface area contributed by atoms with E-state index in [1.54, 1.807) is 19.2 Å². The first kappa shape index (κ1) is 18.6. The Hall–Kier alpha value is -2.71.